The minimum Gasteiger partial charge on any atom is -0.481 e. The lowest BCUT2D eigenvalue weighted by Gasteiger charge is -2.29. The minimum absolute atomic E-state index is 0.0987. The maximum absolute atomic E-state index is 12.3. The van der Waals surface area contributed by atoms with Crippen molar-refractivity contribution in [1.29, 1.82) is 0 Å². The highest BCUT2D eigenvalue weighted by Gasteiger charge is 2.24. The van der Waals surface area contributed by atoms with E-state index in [0.717, 1.165) is 0 Å². The average Bonchev–Trinajstić information content (AvgIpc) is 2.61. The van der Waals surface area contributed by atoms with E-state index in [4.69, 9.17) is 9.47 Å². The van der Waals surface area contributed by atoms with Crippen LogP contribution in [0.1, 0.15) is 27.2 Å². The monoisotopic (exact) mass is 370 g/mol. The first-order valence-electron chi connectivity index (χ1n) is 8.49. The highest BCUT2D eigenvalue weighted by molar-refractivity contribution is 7.89. The molecule has 0 bridgehead atoms. The van der Waals surface area contributed by atoms with E-state index in [0.29, 0.717) is 38.5 Å². The zero-order valence-corrected chi connectivity index (χ0v) is 15.7. The third kappa shape index (κ3) is 5.42. The molecule has 1 aliphatic rings. The fraction of sp³-hybridized carbons (Fsp3) is 0.588. The first-order valence-corrected chi connectivity index (χ1v) is 9.97. The van der Waals surface area contributed by atoms with Gasteiger partial charge in [-0.25, -0.2) is 13.1 Å². The maximum atomic E-state index is 12.3. The number of ether oxygens (including phenoxy) is 2. The SMILES string of the molecule is CC[C@H](C)NS(=O)(=O)c1ccc(O[C@H](C)C(=O)N2CCOCC2)cc1. The van der Waals surface area contributed by atoms with Gasteiger partial charge in [0.2, 0.25) is 10.0 Å². The van der Waals surface area contributed by atoms with E-state index in [1.54, 1.807) is 24.0 Å². The van der Waals surface area contributed by atoms with E-state index in [9.17, 15) is 13.2 Å². The van der Waals surface area contributed by atoms with Crippen LogP contribution in [0, 0.1) is 0 Å². The van der Waals surface area contributed by atoms with Crippen molar-refractivity contribution in [2.45, 2.75) is 44.2 Å². The molecule has 1 N–H and O–H groups in total. The van der Waals surface area contributed by atoms with Gasteiger partial charge in [-0.15, -0.1) is 0 Å². The van der Waals surface area contributed by atoms with Crippen molar-refractivity contribution in [3.05, 3.63) is 24.3 Å². The fourth-order valence-electron chi connectivity index (χ4n) is 2.41. The summed E-state index contributed by atoms with van der Waals surface area (Å²) in [6.07, 6.45) is 0.0699. The molecular weight excluding hydrogens is 344 g/mol. The van der Waals surface area contributed by atoms with Gasteiger partial charge < -0.3 is 14.4 Å². The van der Waals surface area contributed by atoms with E-state index in [2.05, 4.69) is 4.72 Å². The van der Waals surface area contributed by atoms with Gasteiger partial charge >= 0.3 is 0 Å². The lowest BCUT2D eigenvalue weighted by molar-refractivity contribution is -0.142. The molecule has 0 aromatic heterocycles. The summed E-state index contributed by atoms with van der Waals surface area (Å²) in [6.45, 7) is 7.61. The number of amides is 1. The van der Waals surface area contributed by atoms with Crippen LogP contribution in [-0.2, 0) is 19.6 Å². The molecule has 1 amide bonds. The second kappa shape index (κ2) is 8.64. The van der Waals surface area contributed by atoms with Gasteiger partial charge in [0.1, 0.15) is 5.75 Å². The number of carbonyl (C=O) groups excluding carboxylic acids is 1. The molecule has 0 radical (unpaired) electrons. The molecule has 8 heteroatoms. The molecule has 7 nitrogen and oxygen atoms in total. The third-order valence-corrected chi connectivity index (χ3v) is 5.69. The molecule has 1 aromatic rings. The van der Waals surface area contributed by atoms with Gasteiger partial charge in [-0.05, 0) is 44.5 Å². The summed E-state index contributed by atoms with van der Waals surface area (Å²) in [4.78, 5) is 14.2. The van der Waals surface area contributed by atoms with Gasteiger partial charge in [0.05, 0.1) is 18.1 Å². The molecule has 0 saturated carbocycles. The van der Waals surface area contributed by atoms with E-state index in [1.807, 2.05) is 13.8 Å². The Bertz CT molecular complexity index is 669. The van der Waals surface area contributed by atoms with Crippen LogP contribution in [-0.4, -0.2) is 57.7 Å². The smallest absolute Gasteiger partial charge is 0.263 e. The zero-order valence-electron chi connectivity index (χ0n) is 14.9. The van der Waals surface area contributed by atoms with Crippen LogP contribution in [0.2, 0.25) is 0 Å². The Labute approximate surface area is 149 Å². The van der Waals surface area contributed by atoms with Crippen LogP contribution in [0.5, 0.6) is 5.75 Å². The fourth-order valence-corrected chi connectivity index (χ4v) is 3.74. The van der Waals surface area contributed by atoms with Crippen LogP contribution >= 0.6 is 0 Å². The van der Waals surface area contributed by atoms with Gasteiger partial charge in [-0.2, -0.15) is 0 Å². The Balaban J connectivity index is 1.98. The Kier molecular flexibility index (Phi) is 6.80. The molecule has 0 spiro atoms. The molecule has 1 fully saturated rings. The summed E-state index contributed by atoms with van der Waals surface area (Å²) >= 11 is 0. The maximum Gasteiger partial charge on any atom is 0.263 e. The molecule has 0 unspecified atom stereocenters. The molecular formula is C17H26N2O5S. The highest BCUT2D eigenvalue weighted by atomic mass is 32.2. The summed E-state index contributed by atoms with van der Waals surface area (Å²) in [5, 5.41) is 0. The molecule has 1 heterocycles. The van der Waals surface area contributed by atoms with Gasteiger partial charge in [-0.3, -0.25) is 4.79 Å². The van der Waals surface area contributed by atoms with Crippen molar-refractivity contribution in [2.75, 3.05) is 26.3 Å². The topological polar surface area (TPSA) is 84.9 Å². The molecule has 1 saturated heterocycles. The number of morpholine rings is 1. The van der Waals surface area contributed by atoms with Crippen molar-refractivity contribution in [3.8, 4) is 5.75 Å². The zero-order chi connectivity index (χ0) is 18.4. The normalized spacial score (nSPS) is 17.8. The predicted molar refractivity (Wildman–Crippen MR) is 94.0 cm³/mol. The van der Waals surface area contributed by atoms with Gasteiger partial charge in [0.25, 0.3) is 5.91 Å². The van der Waals surface area contributed by atoms with E-state index >= 15 is 0 Å². The molecule has 25 heavy (non-hydrogen) atoms. The Morgan fingerprint density at radius 1 is 1.24 bits per heavy atom. The second-order valence-electron chi connectivity index (χ2n) is 6.10. The first kappa shape index (κ1) is 19.7. The lowest BCUT2D eigenvalue weighted by Crippen LogP contribution is -2.46. The Morgan fingerprint density at radius 3 is 2.40 bits per heavy atom. The molecule has 2 rings (SSSR count). The Hall–Kier alpha value is -1.64. The van der Waals surface area contributed by atoms with Crippen molar-refractivity contribution < 1.29 is 22.7 Å². The van der Waals surface area contributed by atoms with Crippen molar-refractivity contribution >= 4 is 15.9 Å². The number of hydrogen-bond acceptors (Lipinski definition) is 5. The molecule has 0 aliphatic carbocycles. The van der Waals surface area contributed by atoms with Gasteiger partial charge in [0.15, 0.2) is 6.10 Å². The third-order valence-electron chi connectivity index (χ3n) is 4.09. The quantitative estimate of drug-likeness (QED) is 0.784. The number of nitrogens with zero attached hydrogens (tertiary/aromatic N) is 1. The average molecular weight is 370 g/mol. The molecule has 1 aliphatic heterocycles. The van der Waals surface area contributed by atoms with Crippen molar-refractivity contribution in [3.63, 3.8) is 0 Å². The Morgan fingerprint density at radius 2 is 1.84 bits per heavy atom. The number of rotatable bonds is 7. The molecule has 2 atom stereocenters. The van der Waals surface area contributed by atoms with E-state index < -0.39 is 16.1 Å². The standard InChI is InChI=1S/C17H26N2O5S/c1-4-13(2)18-25(21,22)16-7-5-15(6-8-16)24-14(3)17(20)19-9-11-23-12-10-19/h5-8,13-14,18H,4,9-12H2,1-3H3/t13-,14+/m0/s1. The second-order valence-corrected chi connectivity index (χ2v) is 7.81. The molecule has 140 valence electrons. The highest BCUT2D eigenvalue weighted by Crippen LogP contribution is 2.18. The number of hydrogen-bond donors (Lipinski definition) is 1. The van der Waals surface area contributed by atoms with Gasteiger partial charge in [0, 0.05) is 19.1 Å². The van der Waals surface area contributed by atoms with Crippen molar-refractivity contribution in [1.82, 2.24) is 9.62 Å². The van der Waals surface area contributed by atoms with Crippen LogP contribution < -0.4 is 9.46 Å². The number of carbonyl (C=O) groups is 1. The lowest BCUT2D eigenvalue weighted by atomic mass is 10.3. The van der Waals surface area contributed by atoms with Crippen LogP contribution in [0.4, 0.5) is 0 Å². The summed E-state index contributed by atoms with van der Waals surface area (Å²) in [6, 6.07) is 5.95. The minimum atomic E-state index is -3.54. The first-order chi connectivity index (χ1) is 11.8. The van der Waals surface area contributed by atoms with E-state index in [1.165, 1.54) is 12.1 Å². The number of sulfonamides is 1. The largest absolute Gasteiger partial charge is 0.481 e. The van der Waals surface area contributed by atoms with E-state index in [-0.39, 0.29) is 16.8 Å². The summed E-state index contributed by atoms with van der Waals surface area (Å²) in [5.74, 6) is 0.357. The number of benzene rings is 1. The summed E-state index contributed by atoms with van der Waals surface area (Å²) < 4.78 is 37.9. The van der Waals surface area contributed by atoms with Crippen molar-refractivity contribution in [2.24, 2.45) is 0 Å². The van der Waals surface area contributed by atoms with Crippen LogP contribution in [0.25, 0.3) is 0 Å². The molecule has 1 aromatic carbocycles. The summed E-state index contributed by atoms with van der Waals surface area (Å²) in [7, 11) is -3.54. The number of nitrogens with one attached hydrogen (secondary N) is 1. The van der Waals surface area contributed by atoms with Crippen LogP contribution in [0.3, 0.4) is 0 Å². The van der Waals surface area contributed by atoms with Crippen LogP contribution in [0.15, 0.2) is 29.2 Å². The predicted octanol–water partition coefficient (Wildman–Crippen LogP) is 1.39. The van der Waals surface area contributed by atoms with Gasteiger partial charge in [-0.1, -0.05) is 6.92 Å². The summed E-state index contributed by atoms with van der Waals surface area (Å²) in [5.41, 5.74) is 0.